The van der Waals surface area contributed by atoms with Gasteiger partial charge in [0.25, 0.3) is 5.91 Å². The van der Waals surface area contributed by atoms with Crippen molar-refractivity contribution in [1.82, 2.24) is 9.99 Å². The number of anilines is 1. The van der Waals surface area contributed by atoms with Crippen LogP contribution < -0.4 is 19.2 Å². The first kappa shape index (κ1) is 27.4. The summed E-state index contributed by atoms with van der Waals surface area (Å²) >= 11 is 12.4. The molecule has 0 unspecified atom stereocenters. The second-order valence-corrected chi connectivity index (χ2v) is 10.6. The van der Waals surface area contributed by atoms with E-state index < -0.39 is 22.5 Å². The van der Waals surface area contributed by atoms with Crippen LogP contribution in [0.3, 0.4) is 0 Å². The zero-order valence-corrected chi connectivity index (χ0v) is 22.7. The fourth-order valence-electron chi connectivity index (χ4n) is 3.66. The Hall–Kier alpha value is -3.21. The van der Waals surface area contributed by atoms with Crippen LogP contribution >= 0.6 is 23.2 Å². The molecule has 0 atom stereocenters. The lowest BCUT2D eigenvalue weighted by molar-refractivity contribution is -0.119. The molecule has 1 N–H and O–H groups in total. The van der Waals surface area contributed by atoms with Crippen LogP contribution in [0.1, 0.15) is 17.0 Å². The summed E-state index contributed by atoms with van der Waals surface area (Å²) in [4.78, 5) is 12.6. The Labute approximate surface area is 220 Å². The van der Waals surface area contributed by atoms with Crippen LogP contribution in [0.15, 0.2) is 47.6 Å². The molecule has 1 amide bonds. The Kier molecular flexibility index (Phi) is 8.55. The van der Waals surface area contributed by atoms with Crippen molar-refractivity contribution in [2.24, 2.45) is 5.10 Å². The van der Waals surface area contributed by atoms with Crippen molar-refractivity contribution in [2.45, 2.75) is 13.8 Å². The van der Waals surface area contributed by atoms with Gasteiger partial charge in [-0.15, -0.1) is 0 Å². The molecular weight excluding hydrogens is 527 g/mol. The summed E-state index contributed by atoms with van der Waals surface area (Å²) in [5.74, 6) is 0.0871. The second-order valence-electron chi connectivity index (χ2n) is 7.86. The van der Waals surface area contributed by atoms with Crippen molar-refractivity contribution in [3.05, 3.63) is 69.5 Å². The van der Waals surface area contributed by atoms with Crippen LogP contribution in [-0.2, 0) is 14.8 Å². The smallest absolute Gasteiger partial charge is 0.260 e. The number of aromatic nitrogens is 1. The average molecular weight is 553 g/mol. The molecule has 2 aromatic carbocycles. The van der Waals surface area contributed by atoms with Crippen LogP contribution in [-0.4, -0.2) is 52.1 Å². The Bertz CT molecular complexity index is 1420. The van der Waals surface area contributed by atoms with E-state index in [-0.39, 0.29) is 11.4 Å². The van der Waals surface area contributed by atoms with E-state index in [0.717, 1.165) is 33.2 Å². The average Bonchev–Trinajstić information content (AvgIpc) is 3.09. The van der Waals surface area contributed by atoms with Gasteiger partial charge >= 0.3 is 0 Å². The number of rotatable bonds is 9. The molecule has 0 saturated carbocycles. The van der Waals surface area contributed by atoms with Gasteiger partial charge in [0.05, 0.1) is 43.1 Å². The highest BCUT2D eigenvalue weighted by Crippen LogP contribution is 2.33. The van der Waals surface area contributed by atoms with E-state index in [4.69, 9.17) is 32.7 Å². The molecule has 9 nitrogen and oxygen atoms in total. The molecule has 3 aromatic rings. The number of nitrogens with zero attached hydrogens (tertiary/aromatic N) is 3. The van der Waals surface area contributed by atoms with E-state index >= 15 is 0 Å². The van der Waals surface area contributed by atoms with Gasteiger partial charge in [0.2, 0.25) is 10.0 Å². The standard InChI is InChI=1S/C24H26Cl2N4O5S/c1-15-10-17(16(2)30(15)21-8-6-18(25)11-20(21)26)13-27-28-24(31)14-29(36(5,32)33)22-9-7-19(34-3)12-23(22)35-4/h6-13H,14H2,1-5H3,(H,28,31)/b27-13-. The summed E-state index contributed by atoms with van der Waals surface area (Å²) in [6, 6.07) is 11.7. The SMILES string of the molecule is COc1ccc(N(CC(=O)N/N=C\c2cc(C)n(-c3ccc(Cl)cc3Cl)c2C)S(C)(=O)=O)c(OC)c1. The fraction of sp³-hybridized carbons (Fsp3) is 0.250. The number of sulfonamides is 1. The zero-order chi connectivity index (χ0) is 26.6. The molecular formula is C24H26Cl2N4O5S. The summed E-state index contributed by atoms with van der Waals surface area (Å²) in [5, 5.41) is 5.05. The third kappa shape index (κ3) is 6.13. The number of nitrogens with one attached hydrogen (secondary N) is 1. The third-order valence-corrected chi connectivity index (χ3v) is 7.02. The summed E-state index contributed by atoms with van der Waals surface area (Å²) < 4.78 is 38.2. The number of carbonyl (C=O) groups is 1. The quantitative estimate of drug-likeness (QED) is 0.314. The maximum atomic E-state index is 12.6. The topological polar surface area (TPSA) is 102 Å². The molecule has 0 aliphatic carbocycles. The fourth-order valence-corrected chi connectivity index (χ4v) is 5.02. The molecule has 0 bridgehead atoms. The Morgan fingerprint density at radius 2 is 1.83 bits per heavy atom. The minimum Gasteiger partial charge on any atom is -0.497 e. The van der Waals surface area contributed by atoms with Gasteiger partial charge in [0, 0.05) is 28.0 Å². The number of hydrazone groups is 1. The molecule has 0 aliphatic heterocycles. The van der Waals surface area contributed by atoms with Gasteiger partial charge in [-0.2, -0.15) is 5.10 Å². The maximum Gasteiger partial charge on any atom is 0.260 e. The highest BCUT2D eigenvalue weighted by molar-refractivity contribution is 7.92. The van der Waals surface area contributed by atoms with Gasteiger partial charge in [-0.05, 0) is 50.2 Å². The van der Waals surface area contributed by atoms with Crippen molar-refractivity contribution in [3.8, 4) is 17.2 Å². The summed E-state index contributed by atoms with van der Waals surface area (Å²) in [7, 11) is -0.933. The normalized spacial score (nSPS) is 11.5. The van der Waals surface area contributed by atoms with E-state index in [9.17, 15) is 13.2 Å². The van der Waals surface area contributed by atoms with Gasteiger partial charge in [-0.3, -0.25) is 9.10 Å². The molecule has 3 rings (SSSR count). The number of hydrogen-bond acceptors (Lipinski definition) is 6. The summed E-state index contributed by atoms with van der Waals surface area (Å²) in [5.41, 5.74) is 5.83. The predicted octanol–water partition coefficient (Wildman–Crippen LogP) is 4.33. The van der Waals surface area contributed by atoms with Crippen LogP contribution in [0.4, 0.5) is 5.69 Å². The molecule has 0 radical (unpaired) electrons. The molecule has 192 valence electrons. The summed E-state index contributed by atoms with van der Waals surface area (Å²) in [6.45, 7) is 3.31. The van der Waals surface area contributed by atoms with E-state index in [1.54, 1.807) is 18.2 Å². The number of aryl methyl sites for hydroxylation is 1. The molecule has 12 heteroatoms. The number of methoxy groups -OCH3 is 2. The number of amides is 1. The number of hydrogen-bond donors (Lipinski definition) is 1. The molecule has 0 spiro atoms. The zero-order valence-electron chi connectivity index (χ0n) is 20.4. The van der Waals surface area contributed by atoms with Crippen LogP contribution in [0.25, 0.3) is 5.69 Å². The van der Waals surface area contributed by atoms with Gasteiger partial charge in [-0.25, -0.2) is 13.8 Å². The minimum absolute atomic E-state index is 0.198. The lowest BCUT2D eigenvalue weighted by atomic mass is 10.2. The monoisotopic (exact) mass is 552 g/mol. The van der Waals surface area contributed by atoms with Crippen LogP contribution in [0.2, 0.25) is 10.0 Å². The molecule has 0 fully saturated rings. The summed E-state index contributed by atoms with van der Waals surface area (Å²) in [6.07, 6.45) is 2.49. The first-order chi connectivity index (χ1) is 17.0. The Morgan fingerprint density at radius 3 is 2.44 bits per heavy atom. The highest BCUT2D eigenvalue weighted by Gasteiger charge is 2.24. The van der Waals surface area contributed by atoms with Crippen LogP contribution in [0, 0.1) is 13.8 Å². The Morgan fingerprint density at radius 1 is 1.11 bits per heavy atom. The number of halogens is 2. The number of benzene rings is 2. The predicted molar refractivity (Wildman–Crippen MR) is 143 cm³/mol. The lowest BCUT2D eigenvalue weighted by Gasteiger charge is -2.23. The number of carbonyl (C=O) groups excluding carboxylic acids is 1. The molecule has 0 saturated heterocycles. The van der Waals surface area contributed by atoms with Crippen molar-refractivity contribution in [1.29, 1.82) is 0 Å². The molecule has 0 aliphatic rings. The van der Waals surface area contributed by atoms with Gasteiger partial charge < -0.3 is 14.0 Å². The van der Waals surface area contributed by atoms with Gasteiger partial charge in [-0.1, -0.05) is 23.2 Å². The lowest BCUT2D eigenvalue weighted by Crippen LogP contribution is -2.39. The van der Waals surface area contributed by atoms with Crippen molar-refractivity contribution in [3.63, 3.8) is 0 Å². The molecule has 36 heavy (non-hydrogen) atoms. The van der Waals surface area contributed by atoms with Crippen LogP contribution in [0.5, 0.6) is 11.5 Å². The van der Waals surface area contributed by atoms with Crippen molar-refractivity contribution >= 4 is 51.0 Å². The largest absolute Gasteiger partial charge is 0.497 e. The first-order valence-corrected chi connectivity index (χ1v) is 13.2. The highest BCUT2D eigenvalue weighted by atomic mass is 35.5. The third-order valence-electron chi connectivity index (χ3n) is 5.36. The van der Waals surface area contributed by atoms with E-state index in [0.29, 0.717) is 15.8 Å². The molecule has 1 aromatic heterocycles. The minimum atomic E-state index is -3.81. The van der Waals surface area contributed by atoms with Gasteiger partial charge in [0.15, 0.2) is 0 Å². The second kappa shape index (κ2) is 11.2. The first-order valence-electron chi connectivity index (χ1n) is 10.6. The maximum absolute atomic E-state index is 12.6. The van der Waals surface area contributed by atoms with Gasteiger partial charge in [0.1, 0.15) is 18.0 Å². The van der Waals surface area contributed by atoms with E-state index in [2.05, 4.69) is 10.5 Å². The van der Waals surface area contributed by atoms with Crippen molar-refractivity contribution in [2.75, 3.05) is 31.3 Å². The van der Waals surface area contributed by atoms with E-state index in [1.165, 1.54) is 32.6 Å². The van der Waals surface area contributed by atoms with E-state index in [1.807, 2.05) is 30.5 Å². The Balaban J connectivity index is 1.79. The number of ether oxygens (including phenoxy) is 2. The molecule has 1 heterocycles. The van der Waals surface area contributed by atoms with Crippen molar-refractivity contribution < 1.29 is 22.7 Å².